The molecular weight excluding hydrogens is 318 g/mol. The van der Waals surface area contributed by atoms with Gasteiger partial charge in [0, 0.05) is 22.9 Å². The van der Waals surface area contributed by atoms with E-state index in [2.05, 4.69) is 28.9 Å². The summed E-state index contributed by atoms with van der Waals surface area (Å²) in [5.74, 6) is 0.224. The summed E-state index contributed by atoms with van der Waals surface area (Å²) < 4.78 is 1.03. The van der Waals surface area contributed by atoms with Crippen LogP contribution >= 0.6 is 15.9 Å². The molecule has 1 aliphatic heterocycles. The first-order valence-electron chi connectivity index (χ1n) is 6.87. The SMILES string of the molecule is Cc1ccc(Br)cc1CCC(=O)N1CC(=O)CC1(C)C. The van der Waals surface area contributed by atoms with Crippen molar-refractivity contribution < 1.29 is 9.59 Å². The Labute approximate surface area is 128 Å². The third-order valence-electron chi connectivity index (χ3n) is 3.92. The largest absolute Gasteiger partial charge is 0.330 e. The van der Waals surface area contributed by atoms with Crippen LogP contribution in [0.5, 0.6) is 0 Å². The van der Waals surface area contributed by atoms with Crippen molar-refractivity contribution in [1.29, 1.82) is 0 Å². The van der Waals surface area contributed by atoms with E-state index in [0.717, 1.165) is 4.47 Å². The van der Waals surface area contributed by atoms with Crippen molar-refractivity contribution >= 4 is 27.6 Å². The Hall–Kier alpha value is -1.16. The molecule has 0 atom stereocenters. The zero-order valence-electron chi connectivity index (χ0n) is 12.2. The molecule has 0 radical (unpaired) electrons. The van der Waals surface area contributed by atoms with Gasteiger partial charge in [-0.3, -0.25) is 9.59 Å². The summed E-state index contributed by atoms with van der Waals surface area (Å²) in [6.45, 7) is 6.24. The number of benzene rings is 1. The Morgan fingerprint density at radius 3 is 2.70 bits per heavy atom. The number of rotatable bonds is 3. The van der Waals surface area contributed by atoms with E-state index in [1.54, 1.807) is 4.90 Å². The van der Waals surface area contributed by atoms with Crippen molar-refractivity contribution in [3.05, 3.63) is 33.8 Å². The number of carbonyl (C=O) groups is 2. The summed E-state index contributed by atoms with van der Waals surface area (Å²) in [5.41, 5.74) is 2.04. The smallest absolute Gasteiger partial charge is 0.223 e. The first kappa shape index (κ1) is 15.2. The fraction of sp³-hybridized carbons (Fsp3) is 0.500. The lowest BCUT2D eigenvalue weighted by molar-refractivity contribution is -0.135. The minimum Gasteiger partial charge on any atom is -0.330 e. The quantitative estimate of drug-likeness (QED) is 0.848. The van der Waals surface area contributed by atoms with Gasteiger partial charge < -0.3 is 4.90 Å². The Morgan fingerprint density at radius 1 is 1.40 bits per heavy atom. The van der Waals surface area contributed by atoms with Gasteiger partial charge in [0.25, 0.3) is 0 Å². The molecule has 0 spiro atoms. The van der Waals surface area contributed by atoms with E-state index in [-0.39, 0.29) is 23.8 Å². The molecule has 0 unspecified atom stereocenters. The average molecular weight is 338 g/mol. The number of hydrogen-bond donors (Lipinski definition) is 0. The van der Waals surface area contributed by atoms with E-state index in [4.69, 9.17) is 0 Å². The van der Waals surface area contributed by atoms with Crippen LogP contribution in [0.1, 0.15) is 37.8 Å². The summed E-state index contributed by atoms with van der Waals surface area (Å²) in [7, 11) is 0. The number of hydrogen-bond acceptors (Lipinski definition) is 2. The summed E-state index contributed by atoms with van der Waals surface area (Å²) >= 11 is 3.46. The number of likely N-dealkylation sites (tertiary alicyclic amines) is 1. The maximum atomic E-state index is 12.3. The molecule has 1 fully saturated rings. The first-order chi connectivity index (χ1) is 9.29. The third-order valence-corrected chi connectivity index (χ3v) is 4.41. The molecule has 0 bridgehead atoms. The highest BCUT2D eigenvalue weighted by atomic mass is 79.9. The van der Waals surface area contributed by atoms with E-state index in [1.165, 1.54) is 11.1 Å². The lowest BCUT2D eigenvalue weighted by Gasteiger charge is -2.30. The number of aryl methyl sites for hydroxylation is 2. The van der Waals surface area contributed by atoms with Gasteiger partial charge in [0.15, 0.2) is 5.78 Å². The Morgan fingerprint density at radius 2 is 2.10 bits per heavy atom. The van der Waals surface area contributed by atoms with Crippen LogP contribution in [0.3, 0.4) is 0 Å². The molecule has 1 saturated heterocycles. The molecule has 1 aliphatic rings. The molecule has 0 aliphatic carbocycles. The van der Waals surface area contributed by atoms with Gasteiger partial charge in [0.1, 0.15) is 0 Å². The summed E-state index contributed by atoms with van der Waals surface area (Å²) in [4.78, 5) is 25.6. The molecule has 4 heteroatoms. The van der Waals surface area contributed by atoms with Gasteiger partial charge in [0.05, 0.1) is 6.54 Å². The highest BCUT2D eigenvalue weighted by Gasteiger charge is 2.39. The Balaban J connectivity index is 2.02. The first-order valence-corrected chi connectivity index (χ1v) is 7.66. The van der Waals surface area contributed by atoms with Gasteiger partial charge in [-0.15, -0.1) is 0 Å². The van der Waals surface area contributed by atoms with E-state index in [1.807, 2.05) is 26.0 Å². The molecule has 0 saturated carbocycles. The van der Waals surface area contributed by atoms with Gasteiger partial charge in [-0.05, 0) is 50.5 Å². The molecule has 1 aromatic carbocycles. The number of amides is 1. The minimum absolute atomic E-state index is 0.0697. The molecule has 3 nitrogen and oxygen atoms in total. The van der Waals surface area contributed by atoms with Crippen LogP contribution in [0.2, 0.25) is 0 Å². The second kappa shape index (κ2) is 5.68. The molecule has 1 heterocycles. The van der Waals surface area contributed by atoms with Crippen molar-refractivity contribution in [1.82, 2.24) is 4.90 Å². The second-order valence-corrected chi connectivity index (χ2v) is 6.99. The summed E-state index contributed by atoms with van der Waals surface area (Å²) in [6.07, 6.45) is 1.63. The molecule has 1 aromatic rings. The number of halogens is 1. The van der Waals surface area contributed by atoms with Crippen LogP contribution in [0.4, 0.5) is 0 Å². The monoisotopic (exact) mass is 337 g/mol. The Bertz CT molecular complexity index is 551. The van der Waals surface area contributed by atoms with E-state index in [9.17, 15) is 9.59 Å². The van der Waals surface area contributed by atoms with Crippen molar-refractivity contribution in [2.45, 2.75) is 45.6 Å². The number of carbonyl (C=O) groups excluding carboxylic acids is 2. The zero-order valence-corrected chi connectivity index (χ0v) is 13.8. The normalized spacial score (nSPS) is 17.6. The van der Waals surface area contributed by atoms with Gasteiger partial charge >= 0.3 is 0 Å². The Kier molecular flexibility index (Phi) is 4.33. The highest BCUT2D eigenvalue weighted by molar-refractivity contribution is 9.10. The lowest BCUT2D eigenvalue weighted by atomic mass is 10.00. The fourth-order valence-corrected chi connectivity index (χ4v) is 3.14. The molecular formula is C16H20BrNO2. The van der Waals surface area contributed by atoms with E-state index < -0.39 is 0 Å². The van der Waals surface area contributed by atoms with Gasteiger partial charge in [0.2, 0.25) is 5.91 Å². The van der Waals surface area contributed by atoms with E-state index >= 15 is 0 Å². The second-order valence-electron chi connectivity index (χ2n) is 6.08. The highest BCUT2D eigenvalue weighted by Crippen LogP contribution is 2.27. The maximum Gasteiger partial charge on any atom is 0.223 e. The minimum atomic E-state index is -0.333. The lowest BCUT2D eigenvalue weighted by Crippen LogP contribution is -2.42. The zero-order chi connectivity index (χ0) is 14.9. The van der Waals surface area contributed by atoms with Crippen molar-refractivity contribution in [3.8, 4) is 0 Å². The topological polar surface area (TPSA) is 37.4 Å². The van der Waals surface area contributed by atoms with Crippen LogP contribution in [0.15, 0.2) is 22.7 Å². The van der Waals surface area contributed by atoms with Crippen LogP contribution in [-0.4, -0.2) is 28.7 Å². The van der Waals surface area contributed by atoms with Crippen molar-refractivity contribution in [2.24, 2.45) is 0 Å². The molecule has 20 heavy (non-hydrogen) atoms. The van der Waals surface area contributed by atoms with Crippen LogP contribution < -0.4 is 0 Å². The standard InChI is InChI=1S/C16H20BrNO2/c1-11-4-6-13(17)8-12(11)5-7-15(20)18-10-14(19)9-16(18,2)3/h4,6,8H,5,7,9-10H2,1-3H3. The van der Waals surface area contributed by atoms with Crippen LogP contribution in [0, 0.1) is 6.92 Å². The molecule has 2 rings (SSSR count). The van der Waals surface area contributed by atoms with Gasteiger partial charge in [-0.1, -0.05) is 22.0 Å². The molecule has 0 aromatic heterocycles. The molecule has 0 N–H and O–H groups in total. The molecule has 108 valence electrons. The van der Waals surface area contributed by atoms with Gasteiger partial charge in [-0.2, -0.15) is 0 Å². The van der Waals surface area contributed by atoms with E-state index in [0.29, 0.717) is 19.3 Å². The maximum absolute atomic E-state index is 12.3. The summed E-state index contributed by atoms with van der Waals surface area (Å²) in [6, 6.07) is 6.11. The predicted octanol–water partition coefficient (Wildman–Crippen LogP) is 3.27. The molecule has 1 amide bonds. The third kappa shape index (κ3) is 3.29. The average Bonchev–Trinajstić information content (AvgIpc) is 2.63. The van der Waals surface area contributed by atoms with Crippen LogP contribution in [-0.2, 0) is 16.0 Å². The fourth-order valence-electron chi connectivity index (χ4n) is 2.74. The van der Waals surface area contributed by atoms with Gasteiger partial charge in [-0.25, -0.2) is 0 Å². The summed E-state index contributed by atoms with van der Waals surface area (Å²) in [5, 5.41) is 0. The number of ketones is 1. The van der Waals surface area contributed by atoms with Crippen molar-refractivity contribution in [3.63, 3.8) is 0 Å². The predicted molar refractivity (Wildman–Crippen MR) is 82.6 cm³/mol. The van der Waals surface area contributed by atoms with Crippen LogP contribution in [0.25, 0.3) is 0 Å². The number of Topliss-reactive ketones (excluding diaryl/α,β-unsaturated/α-hetero) is 1. The van der Waals surface area contributed by atoms with Crippen molar-refractivity contribution in [2.75, 3.05) is 6.54 Å². The number of nitrogens with zero attached hydrogens (tertiary/aromatic N) is 1.